The zero-order valence-corrected chi connectivity index (χ0v) is 10.2. The summed E-state index contributed by atoms with van der Waals surface area (Å²) < 4.78 is 0. The van der Waals surface area contributed by atoms with Gasteiger partial charge in [-0.2, -0.15) is 0 Å². The normalized spacial score (nSPS) is 13.1. The molecule has 0 heterocycles. The minimum atomic E-state index is 0.228. The number of aliphatic hydroxyl groups is 2. The third-order valence-corrected chi connectivity index (χ3v) is 2.35. The predicted octanol–water partition coefficient (Wildman–Crippen LogP) is 2.98. The highest BCUT2D eigenvalue weighted by atomic mass is 16.3. The molecule has 0 bridgehead atoms. The topological polar surface area (TPSA) is 40.5 Å². The van der Waals surface area contributed by atoms with Gasteiger partial charge < -0.3 is 10.2 Å². The molecule has 2 heteroatoms. The Morgan fingerprint density at radius 1 is 0.875 bits per heavy atom. The van der Waals surface area contributed by atoms with E-state index in [-0.39, 0.29) is 13.2 Å². The lowest BCUT2D eigenvalue weighted by Gasteiger charge is -2.01. The first-order valence-corrected chi connectivity index (χ1v) is 6.01. The molecule has 0 rings (SSSR count). The zero-order valence-electron chi connectivity index (χ0n) is 10.2. The molecule has 0 unspecified atom stereocenters. The molecule has 0 spiro atoms. The van der Waals surface area contributed by atoms with Crippen molar-refractivity contribution in [3.05, 3.63) is 36.0 Å². The van der Waals surface area contributed by atoms with Crippen LogP contribution in [0.5, 0.6) is 0 Å². The van der Waals surface area contributed by atoms with E-state index in [1.807, 2.05) is 12.2 Å². The quantitative estimate of drug-likeness (QED) is 0.591. The fourth-order valence-corrected chi connectivity index (χ4v) is 1.37. The number of aliphatic hydroxyl groups excluding tert-OH is 2. The monoisotopic (exact) mass is 224 g/mol. The van der Waals surface area contributed by atoms with Crippen LogP contribution in [0.3, 0.4) is 0 Å². The van der Waals surface area contributed by atoms with Crippen molar-refractivity contribution in [3.63, 3.8) is 0 Å². The number of rotatable bonds is 9. The van der Waals surface area contributed by atoms with E-state index in [2.05, 4.69) is 25.2 Å². The molecule has 0 aromatic heterocycles. The van der Waals surface area contributed by atoms with Gasteiger partial charge in [0.15, 0.2) is 0 Å². The predicted molar refractivity (Wildman–Crippen MR) is 69.3 cm³/mol. The summed E-state index contributed by atoms with van der Waals surface area (Å²) in [4.78, 5) is 0. The van der Waals surface area contributed by atoms with Gasteiger partial charge in [0.1, 0.15) is 0 Å². The summed E-state index contributed by atoms with van der Waals surface area (Å²) in [6.45, 7) is 2.52. The van der Waals surface area contributed by atoms with Crippen molar-refractivity contribution in [1.82, 2.24) is 0 Å². The SMILES string of the molecule is C/C=C(/C/C=C\CCO)CC/C=C/CCO. The van der Waals surface area contributed by atoms with Crippen molar-refractivity contribution in [2.45, 2.75) is 39.0 Å². The molecule has 0 aromatic carbocycles. The van der Waals surface area contributed by atoms with Gasteiger partial charge in [0.2, 0.25) is 0 Å². The minimum Gasteiger partial charge on any atom is -0.396 e. The van der Waals surface area contributed by atoms with Gasteiger partial charge in [-0.05, 0) is 39.0 Å². The first-order chi connectivity index (χ1) is 7.85. The van der Waals surface area contributed by atoms with Crippen LogP contribution < -0.4 is 0 Å². The molecule has 0 aliphatic heterocycles. The molecule has 0 aliphatic carbocycles. The van der Waals surface area contributed by atoms with Crippen LogP contribution >= 0.6 is 0 Å². The summed E-state index contributed by atoms with van der Waals surface area (Å²) in [6, 6.07) is 0. The molecular weight excluding hydrogens is 200 g/mol. The van der Waals surface area contributed by atoms with E-state index in [0.29, 0.717) is 0 Å². The van der Waals surface area contributed by atoms with E-state index in [1.165, 1.54) is 5.57 Å². The summed E-state index contributed by atoms with van der Waals surface area (Å²) >= 11 is 0. The molecule has 0 atom stereocenters. The van der Waals surface area contributed by atoms with Crippen molar-refractivity contribution < 1.29 is 10.2 Å². The van der Waals surface area contributed by atoms with E-state index in [4.69, 9.17) is 10.2 Å². The highest BCUT2D eigenvalue weighted by Gasteiger charge is 1.91. The van der Waals surface area contributed by atoms with Gasteiger partial charge in [-0.25, -0.2) is 0 Å². The molecule has 0 aromatic rings. The highest BCUT2D eigenvalue weighted by Crippen LogP contribution is 2.11. The van der Waals surface area contributed by atoms with E-state index >= 15 is 0 Å². The van der Waals surface area contributed by atoms with Crippen LogP contribution in [0.4, 0.5) is 0 Å². The van der Waals surface area contributed by atoms with Crippen molar-refractivity contribution in [2.24, 2.45) is 0 Å². The van der Waals surface area contributed by atoms with Gasteiger partial charge in [0.25, 0.3) is 0 Å². The Labute approximate surface area is 99.0 Å². The van der Waals surface area contributed by atoms with Gasteiger partial charge in [-0.1, -0.05) is 36.0 Å². The fraction of sp³-hybridized carbons (Fsp3) is 0.571. The van der Waals surface area contributed by atoms with E-state index in [1.54, 1.807) is 0 Å². The van der Waals surface area contributed by atoms with Crippen molar-refractivity contribution in [1.29, 1.82) is 0 Å². The third-order valence-electron chi connectivity index (χ3n) is 2.35. The molecule has 0 fully saturated rings. The molecule has 16 heavy (non-hydrogen) atoms. The molecule has 0 aliphatic rings. The summed E-state index contributed by atoms with van der Waals surface area (Å²) in [5.74, 6) is 0. The van der Waals surface area contributed by atoms with E-state index in [9.17, 15) is 0 Å². The highest BCUT2D eigenvalue weighted by molar-refractivity contribution is 5.07. The molecule has 92 valence electrons. The maximum absolute atomic E-state index is 8.62. The van der Waals surface area contributed by atoms with Crippen LogP contribution in [0.1, 0.15) is 39.0 Å². The molecule has 0 saturated carbocycles. The van der Waals surface area contributed by atoms with Crippen LogP contribution in [0.2, 0.25) is 0 Å². The second kappa shape index (κ2) is 12.2. The third kappa shape index (κ3) is 9.69. The zero-order chi connectivity index (χ0) is 12.1. The largest absolute Gasteiger partial charge is 0.396 e. The minimum absolute atomic E-state index is 0.228. The lowest BCUT2D eigenvalue weighted by atomic mass is 10.1. The number of allylic oxidation sites excluding steroid dienone is 4. The summed E-state index contributed by atoms with van der Waals surface area (Å²) in [5.41, 5.74) is 1.42. The average molecular weight is 224 g/mol. The fourth-order valence-electron chi connectivity index (χ4n) is 1.37. The van der Waals surface area contributed by atoms with Crippen LogP contribution in [-0.4, -0.2) is 23.4 Å². The smallest absolute Gasteiger partial charge is 0.0465 e. The maximum atomic E-state index is 8.62. The average Bonchev–Trinajstić information content (AvgIpc) is 2.31. The van der Waals surface area contributed by atoms with Gasteiger partial charge in [0, 0.05) is 13.2 Å². The van der Waals surface area contributed by atoms with Gasteiger partial charge >= 0.3 is 0 Å². The molecular formula is C14H24O2. The maximum Gasteiger partial charge on any atom is 0.0465 e. The van der Waals surface area contributed by atoms with Gasteiger partial charge in [-0.15, -0.1) is 0 Å². The Morgan fingerprint density at radius 2 is 1.44 bits per heavy atom. The lowest BCUT2D eigenvalue weighted by molar-refractivity contribution is 0.302. The van der Waals surface area contributed by atoms with Crippen molar-refractivity contribution in [3.8, 4) is 0 Å². The number of hydrogen-bond acceptors (Lipinski definition) is 2. The van der Waals surface area contributed by atoms with Crippen LogP contribution in [0.25, 0.3) is 0 Å². The van der Waals surface area contributed by atoms with Crippen molar-refractivity contribution in [2.75, 3.05) is 13.2 Å². The Bertz CT molecular complexity index is 227. The van der Waals surface area contributed by atoms with Gasteiger partial charge in [-0.3, -0.25) is 0 Å². The van der Waals surface area contributed by atoms with Crippen molar-refractivity contribution >= 4 is 0 Å². The van der Waals surface area contributed by atoms with Crippen LogP contribution in [0.15, 0.2) is 36.0 Å². The summed E-state index contributed by atoms with van der Waals surface area (Å²) in [6.07, 6.45) is 15.0. The molecule has 0 saturated heterocycles. The summed E-state index contributed by atoms with van der Waals surface area (Å²) in [7, 11) is 0. The van der Waals surface area contributed by atoms with Crippen LogP contribution in [0, 0.1) is 0 Å². The van der Waals surface area contributed by atoms with E-state index in [0.717, 1.165) is 32.1 Å². The Morgan fingerprint density at radius 3 is 2.00 bits per heavy atom. The van der Waals surface area contributed by atoms with E-state index < -0.39 is 0 Å². The lowest BCUT2D eigenvalue weighted by Crippen LogP contribution is -1.82. The summed E-state index contributed by atoms with van der Waals surface area (Å²) in [5, 5.41) is 17.2. The first-order valence-electron chi connectivity index (χ1n) is 6.01. The Kier molecular flexibility index (Phi) is 11.6. The first kappa shape index (κ1) is 15.1. The molecule has 0 amide bonds. The van der Waals surface area contributed by atoms with Gasteiger partial charge in [0.05, 0.1) is 0 Å². The molecule has 0 radical (unpaired) electrons. The molecule has 2 nitrogen and oxygen atoms in total. The Hall–Kier alpha value is -0.860. The second-order valence-corrected chi connectivity index (χ2v) is 3.66. The van der Waals surface area contributed by atoms with Crippen LogP contribution in [-0.2, 0) is 0 Å². The second-order valence-electron chi connectivity index (χ2n) is 3.66. The standard InChI is InChI=1S/C14H24O2/c1-2-14(11-7-5-9-13-16)10-6-3-4-8-12-15/h2-5,7,15-16H,6,8-13H2,1H3/b4-3+,7-5-,14-2+. The molecule has 2 N–H and O–H groups in total. The Balaban J connectivity index is 3.68. The number of hydrogen-bond donors (Lipinski definition) is 2.